The van der Waals surface area contributed by atoms with Gasteiger partial charge in [0.2, 0.25) is 5.79 Å². The summed E-state index contributed by atoms with van der Waals surface area (Å²) in [6, 6.07) is 0. The molecule has 4 nitrogen and oxygen atoms in total. The maximum Gasteiger partial charge on any atom is 0.248 e. The van der Waals surface area contributed by atoms with Crippen molar-refractivity contribution in [2.24, 2.45) is 0 Å². The predicted molar refractivity (Wildman–Crippen MR) is 59.7 cm³/mol. The molecule has 0 bridgehead atoms. The molecule has 0 saturated heterocycles. The summed E-state index contributed by atoms with van der Waals surface area (Å²) in [5.74, 6) is -0.840. The number of methoxy groups -OCH3 is 3. The first-order valence-electron chi connectivity index (χ1n) is 4.87. The molecule has 16 heavy (non-hydrogen) atoms. The number of rotatable bonds is 5. The van der Waals surface area contributed by atoms with Crippen LogP contribution in [-0.4, -0.2) is 32.9 Å². The normalized spacial score (nSPS) is 18.8. The van der Waals surface area contributed by atoms with Crippen LogP contribution in [0.4, 0.5) is 0 Å². The fraction of sp³-hybridized carbons (Fsp3) is 0.417. The number of hydrogen-bond acceptors (Lipinski definition) is 4. The third-order valence-electron chi connectivity index (χ3n) is 2.50. The van der Waals surface area contributed by atoms with E-state index in [0.29, 0.717) is 17.8 Å². The molecule has 0 aromatic carbocycles. The smallest absolute Gasteiger partial charge is 0.248 e. The van der Waals surface area contributed by atoms with E-state index >= 15 is 0 Å². The Morgan fingerprint density at radius 1 is 1.38 bits per heavy atom. The highest BCUT2D eigenvalue weighted by molar-refractivity contribution is 6.06. The molecule has 0 aliphatic heterocycles. The van der Waals surface area contributed by atoms with Gasteiger partial charge in [0.05, 0.1) is 7.11 Å². The number of ether oxygens (including phenoxy) is 3. The van der Waals surface area contributed by atoms with Crippen LogP contribution in [0.5, 0.6) is 0 Å². The molecule has 1 aliphatic carbocycles. The number of carbonyl (C=O) groups excluding carboxylic acids is 1. The molecule has 0 heterocycles. The Morgan fingerprint density at radius 2 is 2.00 bits per heavy atom. The summed E-state index contributed by atoms with van der Waals surface area (Å²) < 4.78 is 15.8. The van der Waals surface area contributed by atoms with Gasteiger partial charge in [0.15, 0.2) is 11.5 Å². The zero-order chi connectivity index (χ0) is 12.2. The summed E-state index contributed by atoms with van der Waals surface area (Å²) in [7, 11) is 4.47. The Hall–Kier alpha value is -1.39. The number of ketones is 1. The van der Waals surface area contributed by atoms with Gasteiger partial charge in [-0.05, 0) is 18.6 Å². The summed E-state index contributed by atoms with van der Waals surface area (Å²) in [6.45, 7) is 3.61. The van der Waals surface area contributed by atoms with Crippen LogP contribution >= 0.6 is 0 Å². The maximum atomic E-state index is 11.7. The highest BCUT2D eigenvalue weighted by Crippen LogP contribution is 2.32. The molecule has 0 atom stereocenters. The number of allylic oxidation sites excluding steroid dienone is 3. The molecule has 0 saturated carbocycles. The highest BCUT2D eigenvalue weighted by atomic mass is 16.7. The zero-order valence-electron chi connectivity index (χ0n) is 9.78. The third kappa shape index (κ3) is 1.94. The second-order valence-corrected chi connectivity index (χ2v) is 3.28. The molecule has 0 amide bonds. The molecular formula is C12H16O4. The van der Waals surface area contributed by atoms with Gasteiger partial charge in [-0.2, -0.15) is 0 Å². The van der Waals surface area contributed by atoms with Gasteiger partial charge in [0.1, 0.15) is 0 Å². The third-order valence-corrected chi connectivity index (χ3v) is 2.50. The summed E-state index contributed by atoms with van der Waals surface area (Å²) in [4.78, 5) is 11.7. The second kappa shape index (κ2) is 5.09. The lowest BCUT2D eigenvalue weighted by Crippen LogP contribution is -2.38. The quantitative estimate of drug-likeness (QED) is 0.525. The molecule has 0 spiro atoms. The van der Waals surface area contributed by atoms with Gasteiger partial charge in [-0.1, -0.05) is 6.08 Å². The lowest BCUT2D eigenvalue weighted by molar-refractivity contribution is -0.168. The molecule has 0 radical (unpaired) electrons. The Bertz CT molecular complexity index is 348. The van der Waals surface area contributed by atoms with Gasteiger partial charge in [-0.25, -0.2) is 0 Å². The van der Waals surface area contributed by atoms with Crippen LogP contribution < -0.4 is 0 Å². The Kier molecular flexibility index (Phi) is 4.04. The minimum absolute atomic E-state index is 0.110. The minimum atomic E-state index is -1.11. The standard InChI is InChI=1S/C12H16O4/c1-5-6-9-10(13)7-8-12(15-3,16-4)11(9)14-2/h5,7-8H,1,6H2,2-4H3. The topological polar surface area (TPSA) is 44.8 Å². The van der Waals surface area contributed by atoms with Crippen molar-refractivity contribution in [2.75, 3.05) is 21.3 Å². The van der Waals surface area contributed by atoms with Crippen molar-refractivity contribution in [1.82, 2.24) is 0 Å². The summed E-state index contributed by atoms with van der Waals surface area (Å²) >= 11 is 0. The number of hydrogen-bond donors (Lipinski definition) is 0. The van der Waals surface area contributed by atoms with Gasteiger partial charge in [0, 0.05) is 19.8 Å². The molecule has 0 aromatic rings. The Balaban J connectivity index is 3.27. The average molecular weight is 224 g/mol. The second-order valence-electron chi connectivity index (χ2n) is 3.28. The van der Waals surface area contributed by atoms with Crippen molar-refractivity contribution in [3.05, 3.63) is 36.1 Å². The molecule has 0 fully saturated rings. The fourth-order valence-corrected chi connectivity index (χ4v) is 1.69. The van der Waals surface area contributed by atoms with E-state index in [0.717, 1.165) is 0 Å². The van der Waals surface area contributed by atoms with Crippen molar-refractivity contribution in [3.8, 4) is 0 Å². The van der Waals surface area contributed by atoms with Crippen molar-refractivity contribution in [3.63, 3.8) is 0 Å². The van der Waals surface area contributed by atoms with Crippen LogP contribution in [0.1, 0.15) is 6.42 Å². The van der Waals surface area contributed by atoms with Crippen molar-refractivity contribution < 1.29 is 19.0 Å². The highest BCUT2D eigenvalue weighted by Gasteiger charge is 2.39. The largest absolute Gasteiger partial charge is 0.495 e. The van der Waals surface area contributed by atoms with Gasteiger partial charge in [-0.15, -0.1) is 6.58 Å². The van der Waals surface area contributed by atoms with E-state index in [9.17, 15) is 4.79 Å². The summed E-state index contributed by atoms with van der Waals surface area (Å²) in [5.41, 5.74) is 0.503. The monoisotopic (exact) mass is 224 g/mol. The van der Waals surface area contributed by atoms with Crippen molar-refractivity contribution in [2.45, 2.75) is 12.2 Å². The molecule has 0 N–H and O–H groups in total. The average Bonchev–Trinajstić information content (AvgIpc) is 2.32. The molecule has 0 aromatic heterocycles. The van der Waals surface area contributed by atoms with E-state index in [4.69, 9.17) is 14.2 Å². The van der Waals surface area contributed by atoms with Crippen LogP contribution in [0.2, 0.25) is 0 Å². The van der Waals surface area contributed by atoms with E-state index in [1.165, 1.54) is 27.4 Å². The van der Waals surface area contributed by atoms with E-state index in [1.54, 1.807) is 12.2 Å². The van der Waals surface area contributed by atoms with Gasteiger partial charge < -0.3 is 14.2 Å². The first kappa shape index (κ1) is 12.7. The van der Waals surface area contributed by atoms with E-state index in [-0.39, 0.29) is 5.78 Å². The SMILES string of the molecule is C=CCC1=C(OC)C(OC)(OC)C=CC1=O. The molecule has 88 valence electrons. The van der Waals surface area contributed by atoms with Crippen LogP contribution in [0.3, 0.4) is 0 Å². The molecule has 1 aliphatic rings. The zero-order valence-corrected chi connectivity index (χ0v) is 9.78. The minimum Gasteiger partial charge on any atom is -0.495 e. The Morgan fingerprint density at radius 3 is 2.44 bits per heavy atom. The maximum absolute atomic E-state index is 11.7. The summed E-state index contributed by atoms with van der Waals surface area (Å²) in [6.07, 6.45) is 5.03. The first-order chi connectivity index (χ1) is 7.65. The number of carbonyl (C=O) groups is 1. The molecule has 0 unspecified atom stereocenters. The van der Waals surface area contributed by atoms with Crippen LogP contribution in [0.25, 0.3) is 0 Å². The van der Waals surface area contributed by atoms with E-state index < -0.39 is 5.79 Å². The molecular weight excluding hydrogens is 208 g/mol. The van der Waals surface area contributed by atoms with Crippen molar-refractivity contribution in [1.29, 1.82) is 0 Å². The van der Waals surface area contributed by atoms with Gasteiger partial charge >= 0.3 is 0 Å². The van der Waals surface area contributed by atoms with E-state index in [1.807, 2.05) is 0 Å². The van der Waals surface area contributed by atoms with Crippen LogP contribution in [-0.2, 0) is 19.0 Å². The van der Waals surface area contributed by atoms with E-state index in [2.05, 4.69) is 6.58 Å². The molecule has 1 rings (SSSR count). The van der Waals surface area contributed by atoms with Crippen molar-refractivity contribution >= 4 is 5.78 Å². The lowest BCUT2D eigenvalue weighted by atomic mass is 9.95. The predicted octanol–water partition coefficient (Wildman–Crippen LogP) is 1.59. The summed E-state index contributed by atoms with van der Waals surface area (Å²) in [5, 5.41) is 0. The first-order valence-corrected chi connectivity index (χ1v) is 4.87. The Labute approximate surface area is 95.2 Å². The fourth-order valence-electron chi connectivity index (χ4n) is 1.69. The lowest BCUT2D eigenvalue weighted by Gasteiger charge is -2.32. The van der Waals surface area contributed by atoms with Gasteiger partial charge in [-0.3, -0.25) is 4.79 Å². The van der Waals surface area contributed by atoms with Crippen LogP contribution in [0, 0.1) is 0 Å². The van der Waals surface area contributed by atoms with Crippen LogP contribution in [0.15, 0.2) is 36.1 Å². The van der Waals surface area contributed by atoms with Gasteiger partial charge in [0.25, 0.3) is 0 Å². The molecule has 4 heteroatoms.